The van der Waals surface area contributed by atoms with Crippen molar-refractivity contribution in [2.45, 2.75) is 44.4 Å². The van der Waals surface area contributed by atoms with Gasteiger partial charge in [-0.15, -0.1) is 0 Å². The van der Waals surface area contributed by atoms with Gasteiger partial charge in [0.05, 0.1) is 36.8 Å². The zero-order chi connectivity index (χ0) is 25.8. The van der Waals surface area contributed by atoms with Gasteiger partial charge in [0.1, 0.15) is 11.6 Å². The number of hydrogen-bond acceptors (Lipinski definition) is 8. The maximum Gasteiger partial charge on any atom is 0.241 e. The largest absolute Gasteiger partial charge is 0.473 e. The molecule has 1 unspecified atom stereocenters. The fourth-order valence-electron chi connectivity index (χ4n) is 5.65. The molecule has 4 fully saturated rings. The quantitative estimate of drug-likeness (QED) is 0.506. The topological polar surface area (TPSA) is 97.6 Å². The van der Waals surface area contributed by atoms with E-state index in [1.54, 1.807) is 6.20 Å². The zero-order valence-corrected chi connectivity index (χ0v) is 21.5. The number of nitrogens with zero attached hydrogens (tertiary/aromatic N) is 6. The number of fused-ring (bicyclic) bond motifs is 1. The van der Waals surface area contributed by atoms with E-state index in [9.17, 15) is 4.79 Å². The minimum Gasteiger partial charge on any atom is -0.473 e. The lowest BCUT2D eigenvalue weighted by Gasteiger charge is -2.42. The summed E-state index contributed by atoms with van der Waals surface area (Å²) in [6.07, 6.45) is 5.94. The minimum absolute atomic E-state index is 0.0421. The number of carbonyl (C=O) groups excluding carboxylic acids is 1. The molecule has 4 aliphatic rings. The van der Waals surface area contributed by atoms with Crippen LogP contribution >= 0.6 is 0 Å². The van der Waals surface area contributed by atoms with Crippen LogP contribution in [-0.4, -0.2) is 88.4 Å². The Morgan fingerprint density at radius 2 is 1.95 bits per heavy atom. The Bertz CT molecular complexity index is 1360. The van der Waals surface area contributed by atoms with Crippen molar-refractivity contribution in [1.29, 1.82) is 0 Å². The number of aromatic nitrogens is 4. The Hall–Kier alpha value is -3.31. The van der Waals surface area contributed by atoms with Crippen LogP contribution in [0.25, 0.3) is 22.3 Å². The summed E-state index contributed by atoms with van der Waals surface area (Å²) in [6, 6.07) is 4.27. The highest BCUT2D eigenvalue weighted by Crippen LogP contribution is 2.40. The summed E-state index contributed by atoms with van der Waals surface area (Å²) in [7, 11) is 0. The molecule has 0 bridgehead atoms. The molecular weight excluding hydrogens is 489 g/mol. The van der Waals surface area contributed by atoms with Crippen molar-refractivity contribution in [1.82, 2.24) is 29.7 Å². The predicted molar refractivity (Wildman–Crippen MR) is 139 cm³/mol. The number of hydrogen-bond donors (Lipinski definition) is 1. The van der Waals surface area contributed by atoms with Gasteiger partial charge >= 0.3 is 0 Å². The number of pyridine rings is 2. The maximum atomic E-state index is 15.4. The highest BCUT2D eigenvalue weighted by Gasteiger charge is 2.32. The Labute approximate surface area is 220 Å². The first-order valence-electron chi connectivity index (χ1n) is 13.6. The molecule has 1 N–H and O–H groups in total. The number of piperazine rings is 1. The Morgan fingerprint density at radius 1 is 1.13 bits per heavy atom. The first-order valence-corrected chi connectivity index (χ1v) is 13.6. The fourth-order valence-corrected chi connectivity index (χ4v) is 5.65. The third kappa shape index (κ3) is 4.37. The molecule has 38 heavy (non-hydrogen) atoms. The van der Waals surface area contributed by atoms with Crippen molar-refractivity contribution in [3.63, 3.8) is 0 Å². The second-order valence-electron chi connectivity index (χ2n) is 10.9. The van der Waals surface area contributed by atoms with Crippen LogP contribution in [0.2, 0.25) is 0 Å². The molecule has 3 aromatic heterocycles. The predicted octanol–water partition coefficient (Wildman–Crippen LogP) is 2.39. The molecule has 0 spiro atoms. The number of amides is 1. The smallest absolute Gasteiger partial charge is 0.241 e. The standard InChI is InChI=1S/C27H32FN7O3/c1-16(17-9-24(36)29-11-17)38-27-25-23(31-15-35(25)19-2-3-19)10-22(32-27)18-8-21(28)26(30-12-18)34-6-4-33(5-7-34)20-13-37-14-20/h8,10,12,15-17,19-20H,2-7,9,11,13-14H2,1H3,(H,29,36)/t16-,17?/m1/s1. The summed E-state index contributed by atoms with van der Waals surface area (Å²) in [4.78, 5) is 30.2. The van der Waals surface area contributed by atoms with Crippen LogP contribution in [0.1, 0.15) is 32.2 Å². The zero-order valence-electron chi connectivity index (χ0n) is 21.5. The fraction of sp³-hybridized carbons (Fsp3) is 0.556. The number of ether oxygens (including phenoxy) is 2. The highest BCUT2D eigenvalue weighted by molar-refractivity contribution is 5.85. The van der Waals surface area contributed by atoms with E-state index in [-0.39, 0.29) is 23.7 Å². The molecule has 10 nitrogen and oxygen atoms in total. The number of carbonyl (C=O) groups is 1. The maximum absolute atomic E-state index is 15.4. The van der Waals surface area contributed by atoms with Crippen LogP contribution in [0.5, 0.6) is 5.88 Å². The average molecular weight is 522 g/mol. The van der Waals surface area contributed by atoms with Gasteiger partial charge in [0.25, 0.3) is 0 Å². The lowest BCUT2D eigenvalue weighted by molar-refractivity contribution is -0.119. The molecule has 0 radical (unpaired) electrons. The molecule has 3 saturated heterocycles. The van der Waals surface area contributed by atoms with E-state index in [2.05, 4.69) is 24.8 Å². The van der Waals surface area contributed by atoms with Crippen molar-refractivity contribution in [3.8, 4) is 17.1 Å². The van der Waals surface area contributed by atoms with Crippen LogP contribution in [-0.2, 0) is 9.53 Å². The molecule has 1 saturated carbocycles. The molecule has 0 aromatic carbocycles. The summed E-state index contributed by atoms with van der Waals surface area (Å²) in [5.74, 6) is 0.589. The van der Waals surface area contributed by atoms with E-state index in [1.165, 1.54) is 6.07 Å². The van der Waals surface area contributed by atoms with Gasteiger partial charge < -0.3 is 24.3 Å². The molecule has 7 rings (SSSR count). The Kier molecular flexibility index (Phi) is 5.92. The third-order valence-electron chi connectivity index (χ3n) is 8.30. The van der Waals surface area contributed by atoms with E-state index >= 15 is 4.39 Å². The monoisotopic (exact) mass is 521 g/mol. The van der Waals surface area contributed by atoms with Gasteiger partial charge in [-0.1, -0.05) is 0 Å². The normalized spacial score (nSPS) is 23.5. The van der Waals surface area contributed by atoms with Crippen LogP contribution in [0.3, 0.4) is 0 Å². The van der Waals surface area contributed by atoms with Gasteiger partial charge in [-0.2, -0.15) is 0 Å². The van der Waals surface area contributed by atoms with Gasteiger partial charge in [-0.25, -0.2) is 19.3 Å². The number of rotatable bonds is 7. The van der Waals surface area contributed by atoms with Gasteiger partial charge in [-0.3, -0.25) is 9.69 Å². The van der Waals surface area contributed by atoms with E-state index in [0.29, 0.717) is 48.0 Å². The van der Waals surface area contributed by atoms with Gasteiger partial charge in [-0.05, 0) is 31.9 Å². The van der Waals surface area contributed by atoms with E-state index in [1.807, 2.05) is 24.2 Å². The molecule has 11 heteroatoms. The summed E-state index contributed by atoms with van der Waals surface area (Å²) in [6.45, 7) is 7.35. The lowest BCUT2D eigenvalue weighted by atomic mass is 10.0. The SMILES string of the molecule is C[C@@H](Oc1nc(-c2cnc(N3CCN(C4COC4)CC3)c(F)c2)cc2ncn(C3CC3)c12)C1CNC(=O)C1. The van der Waals surface area contributed by atoms with Crippen molar-refractivity contribution < 1.29 is 18.7 Å². The molecule has 1 amide bonds. The molecule has 3 aliphatic heterocycles. The summed E-state index contributed by atoms with van der Waals surface area (Å²) < 4.78 is 29.2. The van der Waals surface area contributed by atoms with Crippen LogP contribution in [0, 0.1) is 11.7 Å². The van der Waals surface area contributed by atoms with Crippen molar-refractivity contribution in [3.05, 3.63) is 30.5 Å². The summed E-state index contributed by atoms with van der Waals surface area (Å²) in [5.41, 5.74) is 2.74. The van der Waals surface area contributed by atoms with E-state index in [4.69, 9.17) is 14.5 Å². The van der Waals surface area contributed by atoms with Crippen molar-refractivity contribution in [2.75, 3.05) is 50.8 Å². The molecule has 2 atom stereocenters. The van der Waals surface area contributed by atoms with Gasteiger partial charge in [0, 0.05) is 62.9 Å². The van der Waals surface area contributed by atoms with E-state index in [0.717, 1.165) is 63.3 Å². The number of nitrogens with one attached hydrogen (secondary N) is 1. The molecule has 3 aromatic rings. The highest BCUT2D eigenvalue weighted by atomic mass is 19.1. The molecule has 6 heterocycles. The van der Waals surface area contributed by atoms with Crippen LogP contribution in [0.4, 0.5) is 10.2 Å². The third-order valence-corrected chi connectivity index (χ3v) is 8.30. The number of anilines is 1. The first kappa shape index (κ1) is 23.8. The minimum atomic E-state index is -0.361. The van der Waals surface area contributed by atoms with Gasteiger partial charge in [0.15, 0.2) is 11.6 Å². The lowest BCUT2D eigenvalue weighted by Crippen LogP contribution is -2.56. The number of halogens is 1. The van der Waals surface area contributed by atoms with Gasteiger partial charge in [0.2, 0.25) is 11.8 Å². The summed E-state index contributed by atoms with van der Waals surface area (Å²) in [5, 5.41) is 2.88. The first-order chi connectivity index (χ1) is 18.5. The number of imidazole rings is 1. The van der Waals surface area contributed by atoms with Crippen molar-refractivity contribution >= 4 is 22.8 Å². The second kappa shape index (κ2) is 9.46. The summed E-state index contributed by atoms with van der Waals surface area (Å²) >= 11 is 0. The molecular formula is C27H32FN7O3. The second-order valence-corrected chi connectivity index (χ2v) is 10.9. The Morgan fingerprint density at radius 3 is 2.61 bits per heavy atom. The Balaban J connectivity index is 1.16. The van der Waals surface area contributed by atoms with Crippen molar-refractivity contribution in [2.24, 2.45) is 5.92 Å². The average Bonchev–Trinajstić information content (AvgIpc) is 3.48. The van der Waals surface area contributed by atoms with Crippen LogP contribution < -0.4 is 15.0 Å². The molecule has 200 valence electrons. The van der Waals surface area contributed by atoms with E-state index < -0.39 is 0 Å². The molecule has 1 aliphatic carbocycles. The van der Waals surface area contributed by atoms with Crippen LogP contribution in [0.15, 0.2) is 24.7 Å².